The molecule has 1 aromatic carbocycles. The second-order valence-electron chi connectivity index (χ2n) is 8.84. The van der Waals surface area contributed by atoms with Gasteiger partial charge in [-0.25, -0.2) is 12.8 Å². The van der Waals surface area contributed by atoms with E-state index in [0.29, 0.717) is 31.1 Å². The highest BCUT2D eigenvalue weighted by atomic mass is 32.2. The summed E-state index contributed by atoms with van der Waals surface area (Å²) in [6, 6.07) is 3.22. The van der Waals surface area contributed by atoms with Gasteiger partial charge in [0.25, 0.3) is 0 Å². The number of hydrogen-bond donors (Lipinski definition) is 2. The molecule has 3 aliphatic rings. The van der Waals surface area contributed by atoms with Crippen molar-refractivity contribution in [3.8, 4) is 0 Å². The summed E-state index contributed by atoms with van der Waals surface area (Å²) >= 11 is 0. The fraction of sp³-hybridized carbons (Fsp3) is 0.667. The molecule has 0 spiro atoms. The quantitative estimate of drug-likeness (QED) is 0.744. The van der Waals surface area contributed by atoms with E-state index in [4.69, 9.17) is 0 Å². The largest absolute Gasteiger partial charge is 0.373 e. The van der Waals surface area contributed by atoms with Crippen molar-refractivity contribution in [3.05, 3.63) is 29.1 Å². The maximum atomic E-state index is 14.1. The molecule has 2 heterocycles. The Labute approximate surface area is 178 Å². The molecule has 2 N–H and O–H groups in total. The van der Waals surface area contributed by atoms with Gasteiger partial charge < -0.3 is 10.6 Å². The number of amides is 1. The molecule has 4 rings (SSSR count). The topological polar surface area (TPSA) is 81.8 Å². The molecule has 2 fully saturated rings. The van der Waals surface area contributed by atoms with Crippen molar-refractivity contribution in [3.63, 3.8) is 0 Å². The predicted molar refractivity (Wildman–Crippen MR) is 114 cm³/mol. The molecule has 1 aliphatic carbocycles. The average molecular weight is 439 g/mol. The maximum Gasteiger partial charge on any atom is 0.243 e. The molecule has 0 aromatic heterocycles. The number of carbonyl (C=O) groups is 1. The Hall–Kier alpha value is -1.71. The fourth-order valence-corrected chi connectivity index (χ4v) is 5.88. The number of hydrogen-bond acceptors (Lipinski definition) is 5. The molecule has 30 heavy (non-hydrogen) atoms. The molecule has 3 atom stereocenters. The molecule has 166 valence electrons. The smallest absolute Gasteiger partial charge is 0.243 e. The van der Waals surface area contributed by atoms with Gasteiger partial charge in [0.15, 0.2) is 0 Å². The Morgan fingerprint density at radius 1 is 1.20 bits per heavy atom. The molecule has 7 nitrogen and oxygen atoms in total. The van der Waals surface area contributed by atoms with Crippen LogP contribution in [0.4, 0.5) is 10.1 Å². The van der Waals surface area contributed by atoms with E-state index in [2.05, 4.69) is 15.5 Å². The van der Waals surface area contributed by atoms with E-state index < -0.39 is 16.1 Å². The predicted octanol–water partition coefficient (Wildman–Crippen LogP) is 1.48. The minimum Gasteiger partial charge on any atom is -0.373 e. The second-order valence-corrected chi connectivity index (χ2v) is 10.8. The third-order valence-electron chi connectivity index (χ3n) is 6.76. The summed E-state index contributed by atoms with van der Waals surface area (Å²) in [6.45, 7) is 4.44. The molecule has 1 amide bonds. The normalized spacial score (nSPS) is 28.0. The van der Waals surface area contributed by atoms with Crippen LogP contribution < -0.4 is 10.6 Å². The van der Waals surface area contributed by atoms with Gasteiger partial charge in [0, 0.05) is 55.9 Å². The number of carbonyl (C=O) groups excluding carboxylic acids is 1. The number of nitrogens with one attached hydrogen (secondary N) is 2. The number of piperazine rings is 1. The monoisotopic (exact) mass is 438 g/mol. The highest BCUT2D eigenvalue weighted by Gasteiger charge is 2.34. The molecule has 0 bridgehead atoms. The maximum absolute atomic E-state index is 14.1. The third-order valence-corrected chi connectivity index (χ3v) is 8.06. The molecule has 2 aliphatic heterocycles. The number of aryl methyl sites for hydroxylation is 1. The van der Waals surface area contributed by atoms with Gasteiger partial charge in [-0.3, -0.25) is 9.69 Å². The van der Waals surface area contributed by atoms with Crippen LogP contribution in [0.3, 0.4) is 0 Å². The summed E-state index contributed by atoms with van der Waals surface area (Å²) in [4.78, 5) is 15.2. The van der Waals surface area contributed by atoms with Gasteiger partial charge in [-0.15, -0.1) is 0 Å². The lowest BCUT2D eigenvalue weighted by Gasteiger charge is -2.42. The zero-order chi connectivity index (χ0) is 21.5. The standard InChI is InChI=1S/C21H31FN4O3S/c1-14-6-7-18(22)17-13-19(24-20(14)17)21(27)23-15-4-3-5-16(12-15)25-8-10-26(11-9-25)30(2,28)29/h6-7,15-16,19,24H,3-5,8-13H2,1-2H3,(H,23,27)/t15-,16-,19?/m1/s1. The number of halogens is 1. The zero-order valence-corrected chi connectivity index (χ0v) is 18.5. The summed E-state index contributed by atoms with van der Waals surface area (Å²) in [5.41, 5.74) is 2.30. The van der Waals surface area contributed by atoms with Crippen molar-refractivity contribution in [1.29, 1.82) is 0 Å². The van der Waals surface area contributed by atoms with Crippen molar-refractivity contribution in [2.75, 3.05) is 37.8 Å². The third kappa shape index (κ3) is 4.48. The van der Waals surface area contributed by atoms with E-state index in [1.165, 1.54) is 16.6 Å². The van der Waals surface area contributed by atoms with Gasteiger partial charge in [-0.05, 0) is 44.2 Å². The molecule has 1 aromatic rings. The Balaban J connectivity index is 1.31. The lowest BCUT2D eigenvalue weighted by molar-refractivity contribution is -0.122. The highest BCUT2D eigenvalue weighted by Crippen LogP contribution is 2.32. The van der Waals surface area contributed by atoms with Crippen LogP contribution >= 0.6 is 0 Å². The molecule has 1 saturated carbocycles. The first-order valence-corrected chi connectivity index (χ1v) is 12.6. The van der Waals surface area contributed by atoms with Gasteiger partial charge in [-0.1, -0.05) is 6.07 Å². The van der Waals surface area contributed by atoms with Crippen molar-refractivity contribution < 1.29 is 17.6 Å². The number of benzene rings is 1. The number of nitrogens with zero attached hydrogens (tertiary/aromatic N) is 2. The van der Waals surface area contributed by atoms with Crippen molar-refractivity contribution in [2.24, 2.45) is 0 Å². The van der Waals surface area contributed by atoms with Crippen molar-refractivity contribution in [1.82, 2.24) is 14.5 Å². The minimum atomic E-state index is -3.13. The molecular formula is C21H31FN4O3S. The summed E-state index contributed by atoms with van der Waals surface area (Å²) in [7, 11) is -3.13. The van der Waals surface area contributed by atoms with Crippen LogP contribution in [-0.4, -0.2) is 74.1 Å². The fourth-order valence-electron chi connectivity index (χ4n) is 5.06. The molecule has 1 unspecified atom stereocenters. The van der Waals surface area contributed by atoms with E-state index >= 15 is 0 Å². The van der Waals surface area contributed by atoms with Gasteiger partial charge in [0.2, 0.25) is 15.9 Å². The summed E-state index contributed by atoms with van der Waals surface area (Å²) in [6.07, 6.45) is 5.56. The lowest BCUT2D eigenvalue weighted by atomic mass is 9.89. The molecular weight excluding hydrogens is 407 g/mol. The minimum absolute atomic E-state index is 0.0717. The van der Waals surface area contributed by atoms with Gasteiger partial charge >= 0.3 is 0 Å². The number of rotatable bonds is 4. The van der Waals surface area contributed by atoms with E-state index in [0.717, 1.165) is 50.0 Å². The molecule has 1 saturated heterocycles. The highest BCUT2D eigenvalue weighted by molar-refractivity contribution is 7.88. The Bertz CT molecular complexity index is 884. The lowest BCUT2D eigenvalue weighted by Crippen LogP contribution is -2.54. The zero-order valence-electron chi connectivity index (χ0n) is 17.7. The summed E-state index contributed by atoms with van der Waals surface area (Å²) in [5, 5.41) is 6.38. The van der Waals surface area contributed by atoms with E-state index in [9.17, 15) is 17.6 Å². The number of anilines is 1. The van der Waals surface area contributed by atoms with Gasteiger partial charge in [0.05, 0.1) is 6.26 Å². The SMILES string of the molecule is Cc1ccc(F)c2c1NC(C(=O)N[C@@H]1CCC[C@@H](N3CCN(S(C)(=O)=O)CC3)C1)C2. The van der Waals surface area contributed by atoms with Gasteiger partial charge in [0.1, 0.15) is 11.9 Å². The number of sulfonamides is 1. The summed E-state index contributed by atoms with van der Waals surface area (Å²) < 4.78 is 39.1. The van der Waals surface area contributed by atoms with Crippen molar-refractivity contribution in [2.45, 2.75) is 57.2 Å². The van der Waals surface area contributed by atoms with Crippen LogP contribution in [0.1, 0.15) is 36.8 Å². The van der Waals surface area contributed by atoms with Crippen LogP contribution in [0.2, 0.25) is 0 Å². The average Bonchev–Trinajstić information content (AvgIpc) is 3.18. The van der Waals surface area contributed by atoms with Gasteiger partial charge in [-0.2, -0.15) is 4.31 Å². The Morgan fingerprint density at radius 2 is 1.93 bits per heavy atom. The van der Waals surface area contributed by atoms with E-state index in [1.807, 2.05) is 6.92 Å². The molecule has 0 radical (unpaired) electrons. The van der Waals surface area contributed by atoms with Crippen LogP contribution in [0.25, 0.3) is 0 Å². The molecule has 9 heteroatoms. The first kappa shape index (κ1) is 21.5. The van der Waals surface area contributed by atoms with Crippen LogP contribution in [0.15, 0.2) is 12.1 Å². The Kier molecular flexibility index (Phi) is 6.05. The summed E-state index contributed by atoms with van der Waals surface area (Å²) in [5.74, 6) is -0.332. The first-order chi connectivity index (χ1) is 14.2. The van der Waals surface area contributed by atoms with Crippen LogP contribution in [0, 0.1) is 12.7 Å². The van der Waals surface area contributed by atoms with Crippen LogP contribution in [0.5, 0.6) is 0 Å². The van der Waals surface area contributed by atoms with E-state index in [1.54, 1.807) is 6.07 Å². The van der Waals surface area contributed by atoms with Crippen molar-refractivity contribution >= 4 is 21.6 Å². The first-order valence-electron chi connectivity index (χ1n) is 10.8. The van der Waals surface area contributed by atoms with E-state index in [-0.39, 0.29) is 17.8 Å². The number of fused-ring (bicyclic) bond motifs is 1. The second kappa shape index (κ2) is 8.43. The van der Waals surface area contributed by atoms with Crippen LogP contribution in [-0.2, 0) is 21.2 Å². The Morgan fingerprint density at radius 3 is 2.60 bits per heavy atom.